The molecule has 3 N–H and O–H groups in total. The highest BCUT2D eigenvalue weighted by molar-refractivity contribution is 6.05. The number of rotatable bonds is 8. The maximum Gasteiger partial charge on any atom is 0.255 e. The molecular formula is C22H23FN4O3. The molecule has 1 heterocycles. The Morgan fingerprint density at radius 2 is 1.93 bits per heavy atom. The number of nitrogens with one attached hydrogen (secondary N) is 3. The van der Waals surface area contributed by atoms with E-state index in [2.05, 4.69) is 20.8 Å². The molecule has 0 saturated heterocycles. The predicted molar refractivity (Wildman–Crippen MR) is 114 cm³/mol. The lowest BCUT2D eigenvalue weighted by Crippen LogP contribution is -2.26. The lowest BCUT2D eigenvalue weighted by molar-refractivity contribution is -0.120. The first-order valence-electron chi connectivity index (χ1n) is 9.51. The van der Waals surface area contributed by atoms with E-state index >= 15 is 0 Å². The minimum absolute atomic E-state index is 0.0702. The van der Waals surface area contributed by atoms with Gasteiger partial charge in [-0.1, -0.05) is 18.2 Å². The second kappa shape index (κ2) is 9.69. The molecule has 0 spiro atoms. The average molecular weight is 410 g/mol. The van der Waals surface area contributed by atoms with Crippen molar-refractivity contribution < 1.29 is 18.7 Å². The van der Waals surface area contributed by atoms with E-state index in [1.165, 1.54) is 19.2 Å². The summed E-state index contributed by atoms with van der Waals surface area (Å²) in [5.74, 6) is -0.254. The van der Waals surface area contributed by atoms with Gasteiger partial charge in [-0.15, -0.1) is 0 Å². The molecule has 0 aliphatic carbocycles. The number of carbonyl (C=O) groups is 2. The summed E-state index contributed by atoms with van der Waals surface area (Å²) < 4.78 is 18.6. The predicted octanol–water partition coefficient (Wildman–Crippen LogP) is 3.14. The van der Waals surface area contributed by atoms with Crippen molar-refractivity contribution in [2.45, 2.75) is 12.8 Å². The van der Waals surface area contributed by atoms with Crippen molar-refractivity contribution >= 4 is 34.9 Å². The highest BCUT2D eigenvalue weighted by atomic mass is 19.1. The second-order valence-corrected chi connectivity index (χ2v) is 6.60. The molecule has 0 bridgehead atoms. The molecular weight excluding hydrogens is 387 g/mol. The zero-order chi connectivity index (χ0) is 21.5. The summed E-state index contributed by atoms with van der Waals surface area (Å²) >= 11 is 0. The van der Waals surface area contributed by atoms with Crippen molar-refractivity contribution in [3.8, 4) is 5.75 Å². The average Bonchev–Trinajstić information content (AvgIpc) is 3.18. The monoisotopic (exact) mass is 410 g/mol. The van der Waals surface area contributed by atoms with Crippen molar-refractivity contribution in [3.63, 3.8) is 0 Å². The third kappa shape index (κ3) is 4.83. The molecule has 0 aliphatic rings. The van der Waals surface area contributed by atoms with Crippen molar-refractivity contribution in [1.29, 1.82) is 0 Å². The van der Waals surface area contributed by atoms with Crippen LogP contribution in [0.15, 0.2) is 36.4 Å². The Bertz CT molecular complexity index is 1070. The molecule has 2 amide bonds. The van der Waals surface area contributed by atoms with Crippen LogP contribution < -0.4 is 15.4 Å². The zero-order valence-electron chi connectivity index (χ0n) is 16.8. The molecule has 0 saturated carbocycles. The zero-order valence-corrected chi connectivity index (χ0v) is 16.8. The molecule has 8 heteroatoms. The van der Waals surface area contributed by atoms with Crippen LogP contribution >= 0.6 is 0 Å². The van der Waals surface area contributed by atoms with Crippen molar-refractivity contribution in [2.75, 3.05) is 20.7 Å². The van der Waals surface area contributed by atoms with Crippen LogP contribution in [0.25, 0.3) is 23.1 Å². The van der Waals surface area contributed by atoms with Crippen LogP contribution in [0, 0.1) is 5.82 Å². The Labute approximate surface area is 173 Å². The second-order valence-electron chi connectivity index (χ2n) is 6.60. The number of nitrogens with zero attached hydrogens (tertiary/aromatic N) is 1. The number of hydrogen-bond donors (Lipinski definition) is 3. The number of carbonyl (C=O) groups excluding carboxylic acids is 2. The van der Waals surface area contributed by atoms with Gasteiger partial charge in [-0.05, 0) is 42.3 Å². The Kier molecular flexibility index (Phi) is 6.79. The summed E-state index contributed by atoms with van der Waals surface area (Å²) in [4.78, 5) is 23.9. The summed E-state index contributed by atoms with van der Waals surface area (Å²) in [7, 11) is 3.08. The lowest BCUT2D eigenvalue weighted by Gasteiger charge is -2.10. The van der Waals surface area contributed by atoms with Crippen LogP contribution in [0.2, 0.25) is 0 Å². The van der Waals surface area contributed by atoms with Gasteiger partial charge in [0.05, 0.1) is 29.3 Å². The topological polar surface area (TPSA) is 96.1 Å². The van der Waals surface area contributed by atoms with Gasteiger partial charge in [0, 0.05) is 20.0 Å². The largest absolute Gasteiger partial charge is 0.495 e. The molecule has 7 nitrogen and oxygen atoms in total. The third-order valence-electron chi connectivity index (χ3n) is 4.61. The van der Waals surface area contributed by atoms with E-state index in [0.29, 0.717) is 47.3 Å². The molecule has 3 rings (SSSR count). The number of H-pyrrole nitrogens is 1. The Balaban J connectivity index is 1.83. The van der Waals surface area contributed by atoms with E-state index in [1.54, 1.807) is 37.4 Å². The summed E-state index contributed by atoms with van der Waals surface area (Å²) in [5, 5.41) is 13.2. The minimum Gasteiger partial charge on any atom is -0.495 e. The standard InChI is InChI=1S/C22H23FN4O3/c1-24-19(28)4-3-13-25-22(29)16-10-12-18-20(21(16)30-2)17(26-27-18)11-7-14-5-8-15(23)9-6-14/h5-12H,3-4,13H2,1-2H3,(H,24,28)(H,25,29)(H,26,27)/b11-7+. The van der Waals surface area contributed by atoms with Crippen LogP contribution in [0.5, 0.6) is 5.75 Å². The van der Waals surface area contributed by atoms with Crippen molar-refractivity contribution in [1.82, 2.24) is 20.8 Å². The third-order valence-corrected chi connectivity index (χ3v) is 4.61. The molecule has 30 heavy (non-hydrogen) atoms. The van der Waals surface area contributed by atoms with Gasteiger partial charge < -0.3 is 15.4 Å². The smallest absolute Gasteiger partial charge is 0.255 e. The molecule has 2 aromatic carbocycles. The number of aromatic nitrogens is 2. The number of halogens is 1. The number of methoxy groups -OCH3 is 1. The van der Waals surface area contributed by atoms with E-state index < -0.39 is 0 Å². The maximum atomic E-state index is 13.1. The van der Waals surface area contributed by atoms with Crippen LogP contribution in [0.3, 0.4) is 0 Å². The van der Waals surface area contributed by atoms with Crippen LogP contribution in [-0.2, 0) is 4.79 Å². The van der Waals surface area contributed by atoms with Gasteiger partial charge in [0.25, 0.3) is 5.91 Å². The normalized spacial score (nSPS) is 11.0. The first-order chi connectivity index (χ1) is 14.5. The number of amides is 2. The van der Waals surface area contributed by atoms with Crippen molar-refractivity contribution in [2.24, 2.45) is 0 Å². The Morgan fingerprint density at radius 3 is 2.63 bits per heavy atom. The van der Waals surface area contributed by atoms with E-state index in [-0.39, 0.29) is 17.6 Å². The summed E-state index contributed by atoms with van der Waals surface area (Å²) in [6.45, 7) is 0.371. The van der Waals surface area contributed by atoms with Gasteiger partial charge in [-0.25, -0.2) is 4.39 Å². The summed E-state index contributed by atoms with van der Waals surface area (Å²) in [6.07, 6.45) is 4.49. The SMILES string of the molecule is CNC(=O)CCCNC(=O)c1ccc2n[nH]c(/C=C/c3ccc(F)cc3)c2c1OC. The fourth-order valence-electron chi connectivity index (χ4n) is 3.04. The molecule has 0 atom stereocenters. The number of hydrogen-bond acceptors (Lipinski definition) is 4. The van der Waals surface area contributed by atoms with Gasteiger partial charge in [-0.2, -0.15) is 5.10 Å². The molecule has 0 unspecified atom stereocenters. The highest BCUT2D eigenvalue weighted by Gasteiger charge is 2.18. The maximum absolute atomic E-state index is 13.1. The van der Waals surface area contributed by atoms with E-state index in [9.17, 15) is 14.0 Å². The minimum atomic E-state index is -0.299. The number of fused-ring (bicyclic) bond motifs is 1. The summed E-state index contributed by atoms with van der Waals surface area (Å²) in [6, 6.07) is 9.50. The molecule has 156 valence electrons. The van der Waals surface area contributed by atoms with E-state index in [1.807, 2.05) is 6.08 Å². The van der Waals surface area contributed by atoms with Gasteiger partial charge >= 0.3 is 0 Å². The number of benzene rings is 2. The first kappa shape index (κ1) is 21.0. The van der Waals surface area contributed by atoms with E-state index in [4.69, 9.17) is 4.74 Å². The lowest BCUT2D eigenvalue weighted by atomic mass is 10.1. The molecule has 1 aromatic heterocycles. The van der Waals surface area contributed by atoms with Crippen molar-refractivity contribution in [3.05, 3.63) is 59.0 Å². The van der Waals surface area contributed by atoms with Crippen LogP contribution in [0.4, 0.5) is 4.39 Å². The first-order valence-corrected chi connectivity index (χ1v) is 9.51. The Morgan fingerprint density at radius 1 is 1.17 bits per heavy atom. The summed E-state index contributed by atoms with van der Waals surface area (Å²) in [5.41, 5.74) is 2.52. The quantitative estimate of drug-likeness (QED) is 0.497. The van der Waals surface area contributed by atoms with Gasteiger partial charge in [0.2, 0.25) is 5.91 Å². The number of ether oxygens (including phenoxy) is 1. The molecule has 0 fully saturated rings. The molecule has 0 aliphatic heterocycles. The van der Waals surface area contributed by atoms with Gasteiger partial charge in [-0.3, -0.25) is 14.7 Å². The van der Waals surface area contributed by atoms with E-state index in [0.717, 1.165) is 5.56 Å². The number of aromatic amines is 1. The fourth-order valence-corrected chi connectivity index (χ4v) is 3.04. The van der Waals surface area contributed by atoms with Gasteiger partial charge in [0.15, 0.2) is 0 Å². The molecule has 3 aromatic rings. The van der Waals surface area contributed by atoms with Gasteiger partial charge in [0.1, 0.15) is 11.6 Å². The van der Waals surface area contributed by atoms with Crippen LogP contribution in [0.1, 0.15) is 34.5 Å². The fraction of sp³-hybridized carbons (Fsp3) is 0.227. The van der Waals surface area contributed by atoms with Crippen LogP contribution in [-0.4, -0.2) is 42.7 Å². The Hall–Kier alpha value is -3.68. The highest BCUT2D eigenvalue weighted by Crippen LogP contribution is 2.32. The molecule has 0 radical (unpaired) electrons.